The first-order valence-electron chi connectivity index (χ1n) is 16.3. The molecule has 0 bridgehead atoms. The molecule has 11 heteroatoms. The number of carbonyl (C=O) groups is 1. The minimum atomic E-state index is -0.979. The standard InChI is InChI=1S/C34H40FN9O/c1-36-28-18-31(41-44-30(20-39-32(28)44)33(45)40-27-17-25(27)35)43-14-7-24-23(3-2-4-29(24)43)26-6-5-22(19-38-26)21-42-15-10-34(11-16-42)8-12-37-13-9-34/h2-6,18-20,25,27,36-37H,7-17,21H2,1H3,(H,40,45)/t25-,27+/m0/s1. The second-order valence-electron chi connectivity index (χ2n) is 13.2. The molecule has 1 amide bonds. The van der Waals surface area contributed by atoms with Gasteiger partial charge in [-0.3, -0.25) is 14.7 Å². The van der Waals surface area contributed by atoms with E-state index in [1.165, 1.54) is 69.2 Å². The lowest BCUT2D eigenvalue weighted by atomic mass is 9.71. The Bertz CT molecular complexity index is 1720. The fourth-order valence-corrected chi connectivity index (χ4v) is 7.47. The van der Waals surface area contributed by atoms with Crippen LogP contribution in [0.1, 0.15) is 53.7 Å². The smallest absolute Gasteiger partial charge is 0.271 e. The van der Waals surface area contributed by atoms with Crippen molar-refractivity contribution in [3.8, 4) is 11.3 Å². The molecule has 0 unspecified atom stereocenters. The van der Waals surface area contributed by atoms with Gasteiger partial charge in [-0.25, -0.2) is 13.9 Å². The van der Waals surface area contributed by atoms with E-state index in [1.54, 1.807) is 4.52 Å². The van der Waals surface area contributed by atoms with E-state index in [9.17, 15) is 9.18 Å². The van der Waals surface area contributed by atoms with Crippen LogP contribution in [0.2, 0.25) is 0 Å². The predicted molar refractivity (Wildman–Crippen MR) is 173 cm³/mol. The van der Waals surface area contributed by atoms with Gasteiger partial charge >= 0.3 is 0 Å². The van der Waals surface area contributed by atoms with Crippen molar-refractivity contribution >= 4 is 28.7 Å². The van der Waals surface area contributed by atoms with Gasteiger partial charge in [-0.1, -0.05) is 18.2 Å². The molecule has 3 aliphatic heterocycles. The number of benzene rings is 1. The number of anilines is 3. The minimum absolute atomic E-state index is 0.287. The van der Waals surface area contributed by atoms with Gasteiger partial charge in [-0.2, -0.15) is 0 Å². The van der Waals surface area contributed by atoms with Gasteiger partial charge in [0.2, 0.25) is 0 Å². The molecule has 10 nitrogen and oxygen atoms in total. The van der Waals surface area contributed by atoms with E-state index >= 15 is 0 Å². The highest BCUT2D eigenvalue weighted by atomic mass is 19.1. The van der Waals surface area contributed by atoms with Gasteiger partial charge < -0.3 is 20.9 Å². The van der Waals surface area contributed by atoms with Crippen LogP contribution in [0.25, 0.3) is 16.9 Å². The molecule has 0 radical (unpaired) electrons. The summed E-state index contributed by atoms with van der Waals surface area (Å²) in [5.41, 5.74) is 7.84. The number of carbonyl (C=O) groups excluding carboxylic acids is 1. The molecule has 1 aliphatic carbocycles. The quantitative estimate of drug-likeness (QED) is 0.285. The van der Waals surface area contributed by atoms with Crippen molar-refractivity contribution < 1.29 is 9.18 Å². The van der Waals surface area contributed by atoms with Gasteiger partial charge in [0.15, 0.2) is 17.2 Å². The topological polar surface area (TPSA) is 103 Å². The summed E-state index contributed by atoms with van der Waals surface area (Å²) in [5.74, 6) is 0.338. The monoisotopic (exact) mass is 609 g/mol. The highest BCUT2D eigenvalue weighted by Gasteiger charge is 2.39. The largest absolute Gasteiger partial charge is 0.385 e. The molecule has 3 fully saturated rings. The zero-order chi connectivity index (χ0) is 30.5. The van der Waals surface area contributed by atoms with Crippen LogP contribution in [0.15, 0.2) is 48.8 Å². The summed E-state index contributed by atoms with van der Waals surface area (Å²) in [6.45, 7) is 6.38. The second-order valence-corrected chi connectivity index (χ2v) is 13.2. The van der Waals surface area contributed by atoms with E-state index in [0.29, 0.717) is 23.3 Å². The summed E-state index contributed by atoms with van der Waals surface area (Å²) in [7, 11) is 1.83. The van der Waals surface area contributed by atoms with Crippen LogP contribution < -0.4 is 20.9 Å². The van der Waals surface area contributed by atoms with E-state index in [4.69, 9.17) is 10.1 Å². The van der Waals surface area contributed by atoms with Crippen LogP contribution in [-0.2, 0) is 13.0 Å². The van der Waals surface area contributed by atoms with Crippen LogP contribution in [0.3, 0.4) is 0 Å². The van der Waals surface area contributed by atoms with Crippen LogP contribution in [-0.4, -0.2) is 82.4 Å². The van der Waals surface area contributed by atoms with E-state index in [2.05, 4.69) is 61.1 Å². The first-order valence-corrected chi connectivity index (χ1v) is 16.3. The van der Waals surface area contributed by atoms with Gasteiger partial charge in [-0.15, -0.1) is 5.10 Å². The third kappa shape index (κ3) is 5.31. The summed E-state index contributed by atoms with van der Waals surface area (Å²) >= 11 is 0. The lowest BCUT2D eigenvalue weighted by Gasteiger charge is -2.44. The molecular weight excluding hydrogens is 569 g/mol. The maximum Gasteiger partial charge on any atom is 0.271 e. The van der Waals surface area contributed by atoms with Gasteiger partial charge in [0.1, 0.15) is 6.17 Å². The van der Waals surface area contributed by atoms with E-state index in [-0.39, 0.29) is 11.6 Å². The van der Waals surface area contributed by atoms with Gasteiger partial charge in [0.25, 0.3) is 5.91 Å². The zero-order valence-corrected chi connectivity index (χ0v) is 25.7. The second kappa shape index (κ2) is 11.4. The number of imidazole rings is 1. The Morgan fingerprint density at radius 1 is 1.07 bits per heavy atom. The molecule has 1 spiro atoms. The van der Waals surface area contributed by atoms with Crippen LogP contribution in [0.5, 0.6) is 0 Å². The SMILES string of the molecule is CNc1cc(N2CCc3c(-c4ccc(CN5CCC6(CCNCC6)CC5)cn4)cccc32)nn2c(C(=O)N[C@@H]3C[C@@H]3F)cnc12. The number of nitrogens with one attached hydrogen (secondary N) is 3. The molecule has 8 rings (SSSR count). The highest BCUT2D eigenvalue weighted by molar-refractivity contribution is 5.94. The fraction of sp³-hybridized carbons (Fsp3) is 0.471. The van der Waals surface area contributed by atoms with E-state index in [0.717, 1.165) is 42.1 Å². The summed E-state index contributed by atoms with van der Waals surface area (Å²) in [4.78, 5) is 27.1. The summed E-state index contributed by atoms with van der Waals surface area (Å²) in [6.07, 6.45) is 9.02. The molecule has 45 heavy (non-hydrogen) atoms. The van der Waals surface area contributed by atoms with E-state index in [1.807, 2.05) is 19.3 Å². The van der Waals surface area contributed by atoms with Gasteiger partial charge in [0.05, 0.1) is 23.6 Å². The molecule has 4 aromatic rings. The number of amides is 1. The Labute approximate surface area is 262 Å². The van der Waals surface area contributed by atoms with Crippen molar-refractivity contribution in [2.24, 2.45) is 5.41 Å². The van der Waals surface area contributed by atoms with E-state index < -0.39 is 12.2 Å². The minimum Gasteiger partial charge on any atom is -0.385 e. The molecule has 1 aromatic carbocycles. The summed E-state index contributed by atoms with van der Waals surface area (Å²) in [6, 6.07) is 12.3. The normalized spacial score (nSPS) is 22.5. The van der Waals surface area contributed by atoms with Gasteiger partial charge in [0, 0.05) is 50.1 Å². The number of hydrogen-bond acceptors (Lipinski definition) is 8. The number of fused-ring (bicyclic) bond motifs is 2. The number of piperidine rings is 2. The molecule has 2 saturated heterocycles. The Balaban J connectivity index is 1.01. The first-order chi connectivity index (χ1) is 22.0. The Morgan fingerprint density at radius 2 is 1.89 bits per heavy atom. The number of hydrogen-bond donors (Lipinski definition) is 3. The number of aromatic nitrogens is 4. The van der Waals surface area contributed by atoms with Crippen LogP contribution in [0, 0.1) is 5.41 Å². The van der Waals surface area contributed by atoms with Crippen molar-refractivity contribution in [1.82, 2.24) is 35.1 Å². The number of pyridine rings is 1. The lowest BCUT2D eigenvalue weighted by molar-refractivity contribution is 0.0701. The third-order valence-electron chi connectivity index (χ3n) is 10.4. The van der Waals surface area contributed by atoms with Crippen LogP contribution in [0.4, 0.5) is 21.6 Å². The Hall–Kier alpha value is -4.09. The van der Waals surface area contributed by atoms with Crippen molar-refractivity contribution in [3.63, 3.8) is 0 Å². The molecule has 1 saturated carbocycles. The lowest BCUT2D eigenvalue weighted by Crippen LogP contribution is -2.45. The summed E-state index contributed by atoms with van der Waals surface area (Å²) < 4.78 is 15.0. The fourth-order valence-electron chi connectivity index (χ4n) is 7.47. The van der Waals surface area contributed by atoms with Gasteiger partial charge in [-0.05, 0) is 87.0 Å². The molecule has 6 heterocycles. The number of alkyl halides is 1. The molecule has 3 aromatic heterocycles. The predicted octanol–water partition coefficient (Wildman–Crippen LogP) is 4.33. The molecule has 3 N–H and O–H groups in total. The third-order valence-corrected chi connectivity index (χ3v) is 10.4. The van der Waals surface area contributed by atoms with Crippen molar-refractivity contribution in [1.29, 1.82) is 0 Å². The Kier molecular flexibility index (Phi) is 7.17. The number of rotatable bonds is 7. The maximum atomic E-state index is 13.5. The zero-order valence-electron chi connectivity index (χ0n) is 25.7. The molecule has 234 valence electrons. The highest BCUT2D eigenvalue weighted by Crippen LogP contribution is 2.41. The van der Waals surface area contributed by atoms with Crippen LogP contribution >= 0.6 is 0 Å². The molecule has 4 aliphatic rings. The average molecular weight is 610 g/mol. The molecule has 2 atom stereocenters. The number of halogens is 1. The Morgan fingerprint density at radius 3 is 2.62 bits per heavy atom. The van der Waals surface area contributed by atoms with Crippen molar-refractivity contribution in [3.05, 3.63) is 65.6 Å². The average Bonchev–Trinajstić information content (AvgIpc) is 3.41. The maximum absolute atomic E-state index is 13.5. The van der Waals surface area contributed by atoms with Crippen molar-refractivity contribution in [2.75, 3.05) is 50.0 Å². The molecular formula is C34H40FN9O. The summed E-state index contributed by atoms with van der Waals surface area (Å²) in [5, 5.41) is 14.3. The van der Waals surface area contributed by atoms with Crippen molar-refractivity contribution in [2.45, 2.75) is 57.3 Å². The first kappa shape index (κ1) is 28.4. The number of likely N-dealkylation sites (tertiary alicyclic amines) is 1. The number of nitrogens with zero attached hydrogens (tertiary/aromatic N) is 6.